The first-order valence-electron chi connectivity index (χ1n) is 17.4. The molecule has 4 aromatic carbocycles. The lowest BCUT2D eigenvalue weighted by molar-refractivity contribution is 0.0720. The van der Waals surface area contributed by atoms with E-state index in [1.165, 1.54) is 25.7 Å². The van der Waals surface area contributed by atoms with Crippen LogP contribution in [0.15, 0.2) is 84.9 Å². The van der Waals surface area contributed by atoms with E-state index in [4.69, 9.17) is 28.4 Å². The molecule has 1 heterocycles. The summed E-state index contributed by atoms with van der Waals surface area (Å²) >= 11 is 0. The van der Waals surface area contributed by atoms with Gasteiger partial charge in [-0.05, 0) is 92.6 Å². The molecular weight excluding hydrogens is 620 g/mol. The van der Waals surface area contributed by atoms with Crippen LogP contribution in [-0.4, -0.2) is 37.9 Å². The summed E-state index contributed by atoms with van der Waals surface area (Å²) in [5, 5.41) is 0. The largest absolute Gasteiger partial charge is 0.494 e. The summed E-state index contributed by atoms with van der Waals surface area (Å²) < 4.78 is 36.0. The normalized spacial score (nSPS) is 13.4. The highest BCUT2D eigenvalue weighted by Gasteiger charge is 2.28. The highest BCUT2D eigenvalue weighted by Crippen LogP contribution is 2.49. The second-order valence-electron chi connectivity index (χ2n) is 12.1. The molecule has 8 heteroatoms. The van der Waals surface area contributed by atoms with E-state index in [9.17, 15) is 9.59 Å². The summed E-state index contributed by atoms with van der Waals surface area (Å²) in [4.78, 5) is 26.8. The molecule has 0 N–H and O–H groups in total. The predicted molar refractivity (Wildman–Crippen MR) is 190 cm³/mol. The van der Waals surface area contributed by atoms with E-state index >= 15 is 0 Å². The van der Waals surface area contributed by atoms with Crippen LogP contribution in [0.5, 0.6) is 34.5 Å². The van der Waals surface area contributed by atoms with Crippen molar-refractivity contribution < 1.29 is 38.0 Å². The first-order chi connectivity index (χ1) is 24.0. The fraction of sp³-hybridized carbons (Fsp3) is 0.366. The highest BCUT2D eigenvalue weighted by atomic mass is 16.6. The van der Waals surface area contributed by atoms with Gasteiger partial charge in [0.25, 0.3) is 0 Å². The average Bonchev–Trinajstić information content (AvgIpc) is 3.11. The van der Waals surface area contributed by atoms with Crippen molar-refractivity contribution in [3.63, 3.8) is 0 Å². The number of hydrogen-bond acceptors (Lipinski definition) is 8. The van der Waals surface area contributed by atoms with Gasteiger partial charge in [-0.2, -0.15) is 0 Å². The van der Waals surface area contributed by atoms with Crippen LogP contribution in [0, 0.1) is 0 Å². The topological polar surface area (TPSA) is 89.5 Å². The van der Waals surface area contributed by atoms with Crippen molar-refractivity contribution in [2.75, 3.05) is 19.8 Å². The van der Waals surface area contributed by atoms with Crippen molar-refractivity contribution in [3.8, 4) is 45.6 Å². The zero-order valence-corrected chi connectivity index (χ0v) is 28.7. The number of carbonyl (C=O) groups is 2. The zero-order valence-electron chi connectivity index (χ0n) is 28.7. The third kappa shape index (κ3) is 9.78. The van der Waals surface area contributed by atoms with Gasteiger partial charge in [0.2, 0.25) is 0 Å². The summed E-state index contributed by atoms with van der Waals surface area (Å²) in [5.41, 5.74) is 1.61. The standard InChI is InChI=1S/C41H46O8/c1-4-6-8-10-26-44-32-22-18-30(19-23-32)40(42)48-36-16-12-14-34-38(36)39-35(47-29(3)28-46-34)15-13-17-37(39)49-41(43)31-20-24-33(25-21-31)45-27-11-9-7-5-2/h12-25,29H,4-11,26-28H2,1-3H3/t29-/m0/s1. The van der Waals surface area contributed by atoms with Crippen LogP contribution in [0.2, 0.25) is 0 Å². The number of unbranched alkanes of at least 4 members (excludes halogenated alkanes) is 6. The van der Waals surface area contributed by atoms with E-state index in [1.54, 1.807) is 84.9 Å². The molecule has 0 saturated carbocycles. The van der Waals surface area contributed by atoms with E-state index in [-0.39, 0.29) is 24.2 Å². The Morgan fingerprint density at radius 3 is 1.57 bits per heavy atom. The molecule has 0 bridgehead atoms. The Hall–Kier alpha value is -4.98. The second kappa shape index (κ2) is 18.0. The van der Waals surface area contributed by atoms with E-state index < -0.39 is 11.9 Å². The Labute approximate surface area is 289 Å². The summed E-state index contributed by atoms with van der Waals surface area (Å²) in [6.07, 6.45) is 8.63. The summed E-state index contributed by atoms with van der Waals surface area (Å²) in [6.45, 7) is 7.77. The van der Waals surface area contributed by atoms with Crippen molar-refractivity contribution in [1.82, 2.24) is 0 Å². The third-order valence-corrected chi connectivity index (χ3v) is 8.15. The van der Waals surface area contributed by atoms with Crippen LogP contribution < -0.4 is 28.4 Å². The molecule has 0 fully saturated rings. The maximum absolute atomic E-state index is 13.4. The minimum atomic E-state index is -0.553. The summed E-state index contributed by atoms with van der Waals surface area (Å²) in [5.74, 6) is 1.70. The van der Waals surface area contributed by atoms with Crippen molar-refractivity contribution in [2.45, 2.75) is 78.2 Å². The number of esters is 2. The second-order valence-corrected chi connectivity index (χ2v) is 12.1. The van der Waals surface area contributed by atoms with Gasteiger partial charge in [-0.15, -0.1) is 0 Å². The quantitative estimate of drug-likeness (QED) is 0.0663. The van der Waals surface area contributed by atoms with Crippen molar-refractivity contribution in [2.24, 2.45) is 0 Å². The SMILES string of the molecule is CCCCCCOc1ccc(C(=O)Oc2cccc3c2-c2c(OC(=O)c4ccc(OCCCCCC)cc4)cccc2O[C@@H](C)CO3)cc1. The average molecular weight is 667 g/mol. The van der Waals surface area contributed by atoms with Gasteiger partial charge in [0.15, 0.2) is 0 Å². The Morgan fingerprint density at radius 1 is 0.612 bits per heavy atom. The molecule has 258 valence electrons. The first-order valence-corrected chi connectivity index (χ1v) is 17.4. The van der Waals surface area contributed by atoms with Gasteiger partial charge >= 0.3 is 11.9 Å². The van der Waals surface area contributed by atoms with E-state index in [0.717, 1.165) is 25.7 Å². The molecule has 0 amide bonds. The molecule has 0 spiro atoms. The Balaban J connectivity index is 1.36. The van der Waals surface area contributed by atoms with Gasteiger partial charge < -0.3 is 28.4 Å². The Kier molecular flexibility index (Phi) is 13.0. The molecule has 1 aliphatic rings. The molecule has 1 aliphatic heterocycles. The van der Waals surface area contributed by atoms with Crippen LogP contribution in [0.1, 0.15) is 92.9 Å². The van der Waals surface area contributed by atoms with Crippen molar-refractivity contribution >= 4 is 11.9 Å². The van der Waals surface area contributed by atoms with Gasteiger partial charge in [0.05, 0.1) is 35.5 Å². The Morgan fingerprint density at radius 2 is 1.08 bits per heavy atom. The molecule has 1 atom stereocenters. The molecule has 0 aliphatic carbocycles. The molecule has 0 unspecified atom stereocenters. The maximum atomic E-state index is 13.4. The van der Waals surface area contributed by atoms with Crippen molar-refractivity contribution in [1.29, 1.82) is 0 Å². The smallest absolute Gasteiger partial charge is 0.343 e. The van der Waals surface area contributed by atoms with Crippen LogP contribution in [0.4, 0.5) is 0 Å². The number of ether oxygens (including phenoxy) is 6. The minimum absolute atomic E-state index is 0.238. The van der Waals surface area contributed by atoms with Gasteiger partial charge in [0, 0.05) is 0 Å². The van der Waals surface area contributed by atoms with Crippen molar-refractivity contribution in [3.05, 3.63) is 96.1 Å². The predicted octanol–water partition coefficient (Wildman–Crippen LogP) is 9.87. The molecule has 49 heavy (non-hydrogen) atoms. The zero-order chi connectivity index (χ0) is 34.4. The lowest BCUT2D eigenvalue weighted by atomic mass is 10.00. The van der Waals surface area contributed by atoms with E-state index in [2.05, 4.69) is 13.8 Å². The summed E-state index contributed by atoms with van der Waals surface area (Å²) in [7, 11) is 0. The van der Waals surface area contributed by atoms with Gasteiger partial charge in [-0.3, -0.25) is 0 Å². The number of benzene rings is 4. The molecule has 4 aromatic rings. The molecule has 8 nitrogen and oxygen atoms in total. The maximum Gasteiger partial charge on any atom is 0.343 e. The highest BCUT2D eigenvalue weighted by molar-refractivity contribution is 5.96. The number of hydrogen-bond donors (Lipinski definition) is 0. The number of rotatable bonds is 16. The lowest BCUT2D eigenvalue weighted by Crippen LogP contribution is -2.23. The Bertz CT molecular complexity index is 1660. The number of carbonyl (C=O) groups excluding carboxylic acids is 2. The fourth-order valence-corrected chi connectivity index (χ4v) is 5.49. The van der Waals surface area contributed by atoms with Gasteiger partial charge in [-0.25, -0.2) is 9.59 Å². The van der Waals surface area contributed by atoms with Crippen LogP contribution in [0.3, 0.4) is 0 Å². The van der Waals surface area contributed by atoms with Crippen LogP contribution >= 0.6 is 0 Å². The van der Waals surface area contributed by atoms with E-state index in [0.29, 0.717) is 58.5 Å². The fourth-order valence-electron chi connectivity index (χ4n) is 5.49. The van der Waals surface area contributed by atoms with Crippen LogP contribution in [0.25, 0.3) is 11.1 Å². The van der Waals surface area contributed by atoms with Crippen LogP contribution in [-0.2, 0) is 0 Å². The lowest BCUT2D eigenvalue weighted by Gasteiger charge is -2.26. The molecule has 0 aromatic heterocycles. The van der Waals surface area contributed by atoms with Gasteiger partial charge in [0.1, 0.15) is 47.2 Å². The minimum Gasteiger partial charge on any atom is -0.494 e. The van der Waals surface area contributed by atoms with E-state index in [1.807, 2.05) is 6.92 Å². The monoisotopic (exact) mass is 666 g/mol. The summed E-state index contributed by atoms with van der Waals surface area (Å²) in [6, 6.07) is 24.3. The molecule has 0 saturated heterocycles. The molecular formula is C41H46O8. The third-order valence-electron chi connectivity index (χ3n) is 8.15. The molecule has 5 rings (SSSR count). The molecule has 0 radical (unpaired) electrons. The first kappa shape index (κ1) is 35.3. The number of fused-ring (bicyclic) bond motifs is 3. The van der Waals surface area contributed by atoms with Gasteiger partial charge in [-0.1, -0.05) is 64.5 Å².